The van der Waals surface area contributed by atoms with Crippen LogP contribution in [0.1, 0.15) is 37.7 Å². The summed E-state index contributed by atoms with van der Waals surface area (Å²) in [6, 6.07) is 12.1. The largest absolute Gasteiger partial charge is 0.353 e. The summed E-state index contributed by atoms with van der Waals surface area (Å²) in [5, 5.41) is 12.3. The molecule has 1 saturated carbocycles. The molecule has 0 radical (unpaired) electrons. The fourth-order valence-corrected chi connectivity index (χ4v) is 6.79. The zero-order chi connectivity index (χ0) is 31.8. The van der Waals surface area contributed by atoms with Gasteiger partial charge in [0.05, 0.1) is 46.4 Å². The van der Waals surface area contributed by atoms with E-state index in [2.05, 4.69) is 35.5 Å². The second-order valence-electron chi connectivity index (χ2n) is 12.0. The van der Waals surface area contributed by atoms with E-state index in [4.69, 9.17) is 0 Å². The molecule has 5 heterocycles. The number of carbonyl (C=O) groups is 1. The van der Waals surface area contributed by atoms with Crippen LogP contribution in [0.2, 0.25) is 0 Å². The van der Waals surface area contributed by atoms with E-state index in [-0.39, 0.29) is 24.0 Å². The fraction of sp³-hybridized carbons (Fsp3) is 0.265. The van der Waals surface area contributed by atoms with Gasteiger partial charge < -0.3 is 10.3 Å². The number of anilines is 1. The van der Waals surface area contributed by atoms with E-state index >= 15 is 0 Å². The van der Waals surface area contributed by atoms with Gasteiger partial charge in [-0.05, 0) is 67.3 Å². The van der Waals surface area contributed by atoms with E-state index in [1.54, 1.807) is 30.9 Å². The monoisotopic (exact) mass is 637 g/mol. The van der Waals surface area contributed by atoms with Crippen molar-refractivity contribution >= 4 is 43.2 Å². The summed E-state index contributed by atoms with van der Waals surface area (Å²) in [6.45, 7) is 0. The number of sulfone groups is 1. The fourth-order valence-electron chi connectivity index (χ4n) is 6.18. The van der Waals surface area contributed by atoms with Gasteiger partial charge in [-0.25, -0.2) is 12.8 Å². The third-order valence-electron chi connectivity index (χ3n) is 8.52. The molecule has 0 bridgehead atoms. The Morgan fingerprint density at radius 3 is 2.59 bits per heavy atom. The number of nitrogens with one attached hydrogen (secondary N) is 3. The number of aromatic amines is 2. The quantitative estimate of drug-likeness (QED) is 0.173. The topological polar surface area (TPSA) is 146 Å². The van der Waals surface area contributed by atoms with Crippen molar-refractivity contribution in [2.24, 2.45) is 5.92 Å². The van der Waals surface area contributed by atoms with Crippen molar-refractivity contribution in [1.29, 1.82) is 0 Å². The third kappa shape index (κ3) is 6.25. The number of hydrogen-bond acceptors (Lipinski definition) is 7. The number of H-pyrrole nitrogens is 2. The van der Waals surface area contributed by atoms with Crippen molar-refractivity contribution in [2.45, 2.75) is 38.5 Å². The van der Waals surface area contributed by atoms with Crippen LogP contribution < -0.4 is 5.32 Å². The molecule has 12 heteroatoms. The average Bonchev–Trinajstić information content (AvgIpc) is 3.68. The van der Waals surface area contributed by atoms with Crippen LogP contribution >= 0.6 is 0 Å². The molecular formula is C34H32FN7O3S. The van der Waals surface area contributed by atoms with Crippen molar-refractivity contribution in [3.8, 4) is 33.9 Å². The van der Waals surface area contributed by atoms with Crippen LogP contribution in [-0.4, -0.2) is 56.5 Å². The summed E-state index contributed by atoms with van der Waals surface area (Å²) in [5.74, 6) is -0.452. The number of carbonyl (C=O) groups excluding carboxylic acids is 1. The van der Waals surface area contributed by atoms with Gasteiger partial charge in [0.25, 0.3) is 0 Å². The Kier molecular flexibility index (Phi) is 7.81. The minimum absolute atomic E-state index is 0.0372. The lowest BCUT2D eigenvalue weighted by Crippen LogP contribution is -2.24. The molecule has 5 aromatic heterocycles. The molecule has 1 amide bonds. The summed E-state index contributed by atoms with van der Waals surface area (Å²) in [4.78, 5) is 29.8. The van der Waals surface area contributed by atoms with Crippen LogP contribution in [0.15, 0.2) is 67.3 Å². The highest BCUT2D eigenvalue weighted by Crippen LogP contribution is 2.35. The molecule has 6 aromatic rings. The molecule has 1 fully saturated rings. The number of hydrogen-bond donors (Lipinski definition) is 3. The SMILES string of the molecule is CS(=O)(=O)CCc1cc(F)cc(-c2nccc3[nH]c(-c4n[nH]c5cnc(-c6cncc(NC(=O)C7CCCCC7)c6)cc45)cc23)c1. The van der Waals surface area contributed by atoms with E-state index < -0.39 is 15.7 Å². The maximum absolute atomic E-state index is 14.7. The minimum atomic E-state index is -3.20. The minimum Gasteiger partial charge on any atom is -0.353 e. The lowest BCUT2D eigenvalue weighted by Gasteiger charge is -2.20. The van der Waals surface area contributed by atoms with E-state index in [1.807, 2.05) is 24.3 Å². The highest BCUT2D eigenvalue weighted by Gasteiger charge is 2.22. The lowest BCUT2D eigenvalue weighted by molar-refractivity contribution is -0.120. The summed E-state index contributed by atoms with van der Waals surface area (Å²) in [7, 11) is -3.20. The van der Waals surface area contributed by atoms with Gasteiger partial charge in [0.1, 0.15) is 21.3 Å². The predicted molar refractivity (Wildman–Crippen MR) is 176 cm³/mol. The number of pyridine rings is 3. The van der Waals surface area contributed by atoms with E-state index in [0.29, 0.717) is 33.9 Å². The molecule has 46 heavy (non-hydrogen) atoms. The molecule has 0 saturated heterocycles. The molecule has 234 valence electrons. The number of aryl methyl sites for hydroxylation is 1. The van der Waals surface area contributed by atoms with Gasteiger partial charge >= 0.3 is 0 Å². The first-order valence-electron chi connectivity index (χ1n) is 15.3. The molecule has 0 unspecified atom stereocenters. The first kappa shape index (κ1) is 29.7. The van der Waals surface area contributed by atoms with Gasteiger partial charge in [0.15, 0.2) is 0 Å². The first-order valence-corrected chi connectivity index (χ1v) is 17.3. The first-order chi connectivity index (χ1) is 22.2. The highest BCUT2D eigenvalue weighted by atomic mass is 32.2. The van der Waals surface area contributed by atoms with Crippen molar-refractivity contribution in [3.63, 3.8) is 0 Å². The van der Waals surface area contributed by atoms with Gasteiger partial charge in [-0.3, -0.25) is 24.8 Å². The highest BCUT2D eigenvalue weighted by molar-refractivity contribution is 7.90. The number of rotatable bonds is 8. The second kappa shape index (κ2) is 12.1. The Labute approximate surface area is 264 Å². The van der Waals surface area contributed by atoms with Crippen LogP contribution in [-0.2, 0) is 21.1 Å². The molecule has 0 spiro atoms. The number of benzene rings is 1. The molecule has 0 atom stereocenters. The van der Waals surface area contributed by atoms with Gasteiger partial charge in [0, 0.05) is 52.0 Å². The Hall–Kier alpha value is -4.97. The number of aromatic nitrogens is 6. The molecule has 10 nitrogen and oxygen atoms in total. The van der Waals surface area contributed by atoms with Crippen LogP contribution in [0.25, 0.3) is 55.7 Å². The summed E-state index contributed by atoms with van der Waals surface area (Å²) < 4.78 is 38.0. The maximum atomic E-state index is 14.7. The van der Waals surface area contributed by atoms with Crippen molar-refractivity contribution in [1.82, 2.24) is 30.1 Å². The Morgan fingerprint density at radius 2 is 1.76 bits per heavy atom. The third-order valence-corrected chi connectivity index (χ3v) is 9.47. The number of halogens is 1. The predicted octanol–water partition coefficient (Wildman–Crippen LogP) is 6.48. The summed E-state index contributed by atoms with van der Waals surface area (Å²) >= 11 is 0. The molecule has 3 N–H and O–H groups in total. The van der Waals surface area contributed by atoms with Crippen LogP contribution in [0.4, 0.5) is 10.1 Å². The van der Waals surface area contributed by atoms with Crippen LogP contribution in [0, 0.1) is 11.7 Å². The average molecular weight is 638 g/mol. The zero-order valence-corrected chi connectivity index (χ0v) is 26.0. The zero-order valence-electron chi connectivity index (χ0n) is 25.2. The molecule has 7 rings (SSSR count). The van der Waals surface area contributed by atoms with Gasteiger partial charge in [0.2, 0.25) is 5.91 Å². The Balaban J connectivity index is 1.21. The second-order valence-corrected chi connectivity index (χ2v) is 14.3. The lowest BCUT2D eigenvalue weighted by atomic mass is 9.88. The molecular weight excluding hydrogens is 605 g/mol. The summed E-state index contributed by atoms with van der Waals surface area (Å²) in [5.41, 5.74) is 6.71. The molecule has 0 aliphatic heterocycles. The Bertz CT molecular complexity index is 2200. The van der Waals surface area contributed by atoms with E-state index in [0.717, 1.165) is 58.7 Å². The summed E-state index contributed by atoms with van der Waals surface area (Å²) in [6.07, 6.45) is 13.3. The number of nitrogens with zero attached hydrogens (tertiary/aromatic N) is 4. The number of amides is 1. The van der Waals surface area contributed by atoms with Crippen LogP contribution in [0.5, 0.6) is 0 Å². The smallest absolute Gasteiger partial charge is 0.227 e. The van der Waals surface area contributed by atoms with Gasteiger partial charge in [-0.15, -0.1) is 0 Å². The van der Waals surface area contributed by atoms with Gasteiger partial charge in [-0.1, -0.05) is 19.3 Å². The Morgan fingerprint density at radius 1 is 0.935 bits per heavy atom. The van der Waals surface area contributed by atoms with E-state index in [9.17, 15) is 17.6 Å². The van der Waals surface area contributed by atoms with Crippen molar-refractivity contribution < 1.29 is 17.6 Å². The normalized spacial score (nSPS) is 14.2. The maximum Gasteiger partial charge on any atom is 0.227 e. The standard InChI is InChI=1S/C34H32FN7O3S/c1-46(44,45)10-8-20-11-22(13-24(35)12-20)32-26-16-30(40-28(26)7-9-37-32)33-27-15-29(38-19-31(27)41-42-33)23-14-25(18-36-17-23)39-34(43)21-5-3-2-4-6-21/h7,9,11-19,21,40H,2-6,8,10H2,1H3,(H,39,43)(H,41,42). The van der Waals surface area contributed by atoms with Crippen molar-refractivity contribution in [3.05, 3.63) is 78.6 Å². The van der Waals surface area contributed by atoms with Gasteiger partial charge in [-0.2, -0.15) is 5.10 Å². The molecule has 1 aliphatic carbocycles. The molecule has 1 aromatic carbocycles. The number of fused-ring (bicyclic) bond motifs is 2. The van der Waals surface area contributed by atoms with Crippen LogP contribution in [0.3, 0.4) is 0 Å². The van der Waals surface area contributed by atoms with E-state index in [1.165, 1.54) is 24.8 Å². The molecule has 1 aliphatic rings. The van der Waals surface area contributed by atoms with Crippen molar-refractivity contribution in [2.75, 3.05) is 17.3 Å².